The summed E-state index contributed by atoms with van der Waals surface area (Å²) in [5.41, 5.74) is 4.65. The Labute approximate surface area is 154 Å². The van der Waals surface area contributed by atoms with Gasteiger partial charge in [-0.2, -0.15) is 5.10 Å². The Morgan fingerprint density at radius 2 is 1.58 bits per heavy atom. The lowest BCUT2D eigenvalue weighted by atomic mass is 10.1. The highest BCUT2D eigenvalue weighted by Gasteiger charge is 2.25. The molecule has 0 unspecified atom stereocenters. The lowest BCUT2D eigenvalue weighted by Gasteiger charge is -2.23. The molecule has 1 amide bonds. The van der Waals surface area contributed by atoms with E-state index in [1.165, 1.54) is 0 Å². The number of para-hydroxylation sites is 1. The third-order valence-electron chi connectivity index (χ3n) is 4.40. The molecule has 0 saturated carbocycles. The van der Waals surface area contributed by atoms with E-state index >= 15 is 0 Å². The summed E-state index contributed by atoms with van der Waals surface area (Å²) in [4.78, 5) is 14.4. The van der Waals surface area contributed by atoms with Crippen LogP contribution in [0.5, 0.6) is 0 Å². The molecule has 0 aliphatic carbocycles. The summed E-state index contributed by atoms with van der Waals surface area (Å²) in [6, 6.07) is 19.3. The van der Waals surface area contributed by atoms with Crippen LogP contribution in [-0.4, -0.2) is 34.7 Å². The van der Waals surface area contributed by atoms with Crippen molar-refractivity contribution in [3.05, 3.63) is 77.6 Å². The van der Waals surface area contributed by atoms with E-state index in [1.54, 1.807) is 19.0 Å². The first kappa shape index (κ1) is 17.7. The second kappa shape index (κ2) is 7.44. The fourth-order valence-electron chi connectivity index (χ4n) is 3.01. The Kier molecular flexibility index (Phi) is 5.07. The van der Waals surface area contributed by atoms with Crippen molar-refractivity contribution in [1.82, 2.24) is 14.7 Å². The van der Waals surface area contributed by atoms with Crippen LogP contribution in [0.1, 0.15) is 23.0 Å². The average Bonchev–Trinajstić information content (AvgIpc) is 2.94. The molecule has 0 fully saturated rings. The molecule has 3 rings (SSSR count). The molecular weight excluding hydrogens is 324 g/mol. The fourth-order valence-corrected chi connectivity index (χ4v) is 3.01. The highest BCUT2D eigenvalue weighted by Crippen LogP contribution is 2.28. The maximum absolute atomic E-state index is 12.8. The van der Waals surface area contributed by atoms with Gasteiger partial charge >= 0.3 is 0 Å². The van der Waals surface area contributed by atoms with Crippen molar-refractivity contribution >= 4 is 11.6 Å². The topological polar surface area (TPSA) is 50.2 Å². The minimum Gasteiger partial charge on any atom is -0.367 e. The van der Waals surface area contributed by atoms with Gasteiger partial charge in [-0.15, -0.1) is 0 Å². The summed E-state index contributed by atoms with van der Waals surface area (Å²) in [6.07, 6.45) is 0. The molecule has 3 aromatic rings. The Morgan fingerprint density at radius 1 is 1.00 bits per heavy atom. The second-order valence-corrected chi connectivity index (χ2v) is 6.51. The van der Waals surface area contributed by atoms with Crippen LogP contribution in [0.25, 0.3) is 5.69 Å². The Bertz CT molecular complexity index is 885. The zero-order valence-electron chi connectivity index (χ0n) is 15.6. The monoisotopic (exact) mass is 348 g/mol. The number of amides is 1. The van der Waals surface area contributed by atoms with Crippen LogP contribution in [0.2, 0.25) is 0 Å². The van der Waals surface area contributed by atoms with Crippen molar-refractivity contribution in [2.45, 2.75) is 19.9 Å². The van der Waals surface area contributed by atoms with Gasteiger partial charge in [-0.05, 0) is 31.5 Å². The predicted octanol–water partition coefficient (Wildman–Crippen LogP) is 3.73. The second-order valence-electron chi connectivity index (χ2n) is 6.51. The predicted molar refractivity (Wildman–Crippen MR) is 105 cm³/mol. The first-order chi connectivity index (χ1) is 12.5. The van der Waals surface area contributed by atoms with Gasteiger partial charge in [0.05, 0.1) is 22.8 Å². The largest absolute Gasteiger partial charge is 0.367 e. The molecule has 0 aliphatic rings. The number of carbonyl (C=O) groups is 1. The van der Waals surface area contributed by atoms with Crippen molar-refractivity contribution in [3.8, 4) is 5.69 Å². The van der Waals surface area contributed by atoms with Gasteiger partial charge in [0.2, 0.25) is 5.91 Å². The summed E-state index contributed by atoms with van der Waals surface area (Å²) in [6.45, 7) is 3.97. The number of hydrogen-bond donors (Lipinski definition) is 1. The van der Waals surface area contributed by atoms with Crippen molar-refractivity contribution < 1.29 is 4.79 Å². The summed E-state index contributed by atoms with van der Waals surface area (Å²) >= 11 is 0. The van der Waals surface area contributed by atoms with Crippen molar-refractivity contribution in [2.24, 2.45) is 0 Å². The molecule has 1 aromatic heterocycles. The molecule has 1 atom stereocenters. The fraction of sp³-hybridized carbons (Fsp3) is 0.238. The number of aromatic nitrogens is 2. The van der Waals surface area contributed by atoms with Crippen LogP contribution in [-0.2, 0) is 4.79 Å². The average molecular weight is 348 g/mol. The van der Waals surface area contributed by atoms with Gasteiger partial charge in [-0.3, -0.25) is 4.79 Å². The lowest BCUT2D eigenvalue weighted by Crippen LogP contribution is -2.32. The van der Waals surface area contributed by atoms with E-state index in [0.717, 1.165) is 28.3 Å². The number of nitrogens with one attached hydrogen (secondary N) is 1. The van der Waals surface area contributed by atoms with Gasteiger partial charge in [-0.1, -0.05) is 48.5 Å². The smallest absolute Gasteiger partial charge is 0.249 e. The molecule has 0 bridgehead atoms. The first-order valence-electron chi connectivity index (χ1n) is 8.63. The van der Waals surface area contributed by atoms with Crippen molar-refractivity contribution in [3.63, 3.8) is 0 Å². The number of benzene rings is 2. The van der Waals surface area contributed by atoms with Gasteiger partial charge in [0.1, 0.15) is 6.04 Å². The zero-order chi connectivity index (χ0) is 18.7. The molecular formula is C21H24N4O. The molecule has 0 aliphatic heterocycles. The van der Waals surface area contributed by atoms with Crippen LogP contribution >= 0.6 is 0 Å². The standard InChI is InChI=1S/C21H24N4O/c1-15-19(16(2)25(23-15)18-13-9-6-10-14-18)22-20(21(26)24(3)4)17-11-7-5-8-12-17/h5-14,20,22H,1-4H3/t20-/m0/s1. The van der Waals surface area contributed by atoms with Crippen molar-refractivity contribution in [2.75, 3.05) is 19.4 Å². The molecule has 2 aromatic carbocycles. The highest BCUT2D eigenvalue weighted by molar-refractivity contribution is 5.86. The van der Waals surface area contributed by atoms with Gasteiger partial charge in [-0.25, -0.2) is 4.68 Å². The molecule has 5 nitrogen and oxygen atoms in total. The lowest BCUT2D eigenvalue weighted by molar-refractivity contribution is -0.129. The molecule has 0 saturated heterocycles. The number of aryl methyl sites for hydroxylation is 1. The maximum atomic E-state index is 12.8. The number of nitrogens with zero attached hydrogens (tertiary/aromatic N) is 3. The van der Waals surface area contributed by atoms with Crippen LogP contribution in [0.3, 0.4) is 0 Å². The van der Waals surface area contributed by atoms with Crippen molar-refractivity contribution in [1.29, 1.82) is 0 Å². The highest BCUT2D eigenvalue weighted by atomic mass is 16.2. The molecule has 0 radical (unpaired) electrons. The molecule has 134 valence electrons. The first-order valence-corrected chi connectivity index (χ1v) is 8.63. The van der Waals surface area contributed by atoms with E-state index in [0.29, 0.717) is 0 Å². The molecule has 0 spiro atoms. The van der Waals surface area contributed by atoms with E-state index in [2.05, 4.69) is 10.4 Å². The maximum Gasteiger partial charge on any atom is 0.249 e. The van der Waals surface area contributed by atoms with E-state index in [4.69, 9.17) is 0 Å². The van der Waals surface area contributed by atoms with Crippen LogP contribution < -0.4 is 5.32 Å². The zero-order valence-corrected chi connectivity index (χ0v) is 15.6. The summed E-state index contributed by atoms with van der Waals surface area (Å²) in [5.74, 6) is 0.00228. The number of hydrogen-bond acceptors (Lipinski definition) is 3. The number of anilines is 1. The third kappa shape index (κ3) is 3.47. The molecule has 1 heterocycles. The van der Waals surface area contributed by atoms with E-state index in [1.807, 2.05) is 79.2 Å². The van der Waals surface area contributed by atoms with Crippen LogP contribution in [0.4, 0.5) is 5.69 Å². The van der Waals surface area contributed by atoms with E-state index < -0.39 is 6.04 Å². The minimum atomic E-state index is -0.461. The minimum absolute atomic E-state index is 0.00228. The number of carbonyl (C=O) groups excluding carboxylic acids is 1. The summed E-state index contributed by atoms with van der Waals surface area (Å²) < 4.78 is 1.90. The Morgan fingerprint density at radius 3 is 2.15 bits per heavy atom. The Balaban J connectivity index is 2.00. The third-order valence-corrected chi connectivity index (χ3v) is 4.40. The quantitative estimate of drug-likeness (QED) is 0.764. The van der Waals surface area contributed by atoms with Gasteiger partial charge in [0, 0.05) is 14.1 Å². The normalized spacial score (nSPS) is 11.8. The Hall–Kier alpha value is -3.08. The van der Waals surface area contributed by atoms with Crippen LogP contribution in [0, 0.1) is 13.8 Å². The van der Waals surface area contributed by atoms with Gasteiger partial charge in [0.25, 0.3) is 0 Å². The number of likely N-dealkylation sites (N-methyl/N-ethyl adjacent to an activating group) is 1. The molecule has 1 N–H and O–H groups in total. The molecule has 5 heteroatoms. The number of rotatable bonds is 5. The van der Waals surface area contributed by atoms with E-state index in [-0.39, 0.29) is 5.91 Å². The SMILES string of the molecule is Cc1nn(-c2ccccc2)c(C)c1N[C@H](C(=O)N(C)C)c1ccccc1. The van der Waals surface area contributed by atoms with E-state index in [9.17, 15) is 4.79 Å². The molecule has 26 heavy (non-hydrogen) atoms. The summed E-state index contributed by atoms with van der Waals surface area (Å²) in [7, 11) is 3.54. The summed E-state index contributed by atoms with van der Waals surface area (Å²) in [5, 5.41) is 8.09. The van der Waals surface area contributed by atoms with Gasteiger partial charge < -0.3 is 10.2 Å². The van der Waals surface area contributed by atoms with Gasteiger partial charge in [0.15, 0.2) is 0 Å². The van der Waals surface area contributed by atoms with Crippen LogP contribution in [0.15, 0.2) is 60.7 Å².